The van der Waals surface area contributed by atoms with Gasteiger partial charge in [0.25, 0.3) is 0 Å². The SMILES string of the molecule is CN(C)c1ncnc2c1c1occc1n2[C@@H]1O[C@H](CO)[C@@H](O)[C@H]1O. The van der Waals surface area contributed by atoms with E-state index in [-0.39, 0.29) is 6.61 Å². The van der Waals surface area contributed by atoms with Crippen LogP contribution in [0.1, 0.15) is 6.23 Å². The summed E-state index contributed by atoms with van der Waals surface area (Å²) in [6.07, 6.45) is -1.18. The molecule has 3 aromatic rings. The number of rotatable bonds is 3. The summed E-state index contributed by atoms with van der Waals surface area (Å²) in [4.78, 5) is 10.4. The molecule has 0 saturated carbocycles. The lowest BCUT2D eigenvalue weighted by molar-refractivity contribution is -0.0489. The molecule has 0 bridgehead atoms. The molecule has 4 rings (SSSR count). The Morgan fingerprint density at radius 3 is 2.71 bits per heavy atom. The maximum atomic E-state index is 10.4. The van der Waals surface area contributed by atoms with Gasteiger partial charge in [0.2, 0.25) is 0 Å². The maximum absolute atomic E-state index is 10.4. The molecular formula is C15H18N4O5. The Bertz CT molecular complexity index is 889. The summed E-state index contributed by atoms with van der Waals surface area (Å²) in [5.74, 6) is 0.672. The van der Waals surface area contributed by atoms with Gasteiger partial charge in [0.05, 0.1) is 18.4 Å². The molecule has 0 unspecified atom stereocenters. The van der Waals surface area contributed by atoms with Crippen molar-refractivity contribution in [3.8, 4) is 0 Å². The van der Waals surface area contributed by atoms with Crippen molar-refractivity contribution in [3.05, 3.63) is 18.7 Å². The number of fused-ring (bicyclic) bond motifs is 3. The van der Waals surface area contributed by atoms with Gasteiger partial charge in [0.1, 0.15) is 35.8 Å². The molecule has 9 nitrogen and oxygen atoms in total. The molecule has 1 fully saturated rings. The zero-order valence-electron chi connectivity index (χ0n) is 13.2. The van der Waals surface area contributed by atoms with E-state index in [0.717, 1.165) is 0 Å². The zero-order chi connectivity index (χ0) is 17.0. The Morgan fingerprint density at radius 1 is 1.25 bits per heavy atom. The topological polar surface area (TPSA) is 117 Å². The molecule has 0 aromatic carbocycles. The van der Waals surface area contributed by atoms with E-state index in [4.69, 9.17) is 9.15 Å². The molecule has 1 aliphatic rings. The first-order valence-corrected chi connectivity index (χ1v) is 7.56. The second-order valence-corrected chi connectivity index (χ2v) is 6.02. The van der Waals surface area contributed by atoms with Crippen molar-refractivity contribution in [1.29, 1.82) is 0 Å². The van der Waals surface area contributed by atoms with Crippen LogP contribution in [0.15, 0.2) is 23.1 Å². The third-order valence-electron chi connectivity index (χ3n) is 4.36. The van der Waals surface area contributed by atoms with Gasteiger partial charge in [-0.05, 0) is 0 Å². The highest BCUT2D eigenvalue weighted by Gasteiger charge is 2.44. The van der Waals surface area contributed by atoms with Crippen molar-refractivity contribution < 1.29 is 24.5 Å². The summed E-state index contributed by atoms with van der Waals surface area (Å²) in [7, 11) is 3.72. The quantitative estimate of drug-likeness (QED) is 0.606. The van der Waals surface area contributed by atoms with E-state index >= 15 is 0 Å². The predicted octanol–water partition coefficient (Wildman–Crippen LogP) is -0.145. The fourth-order valence-electron chi connectivity index (χ4n) is 3.24. The molecule has 128 valence electrons. The number of furan rings is 1. The summed E-state index contributed by atoms with van der Waals surface area (Å²) in [5, 5.41) is 30.4. The fourth-order valence-corrected chi connectivity index (χ4v) is 3.24. The third-order valence-corrected chi connectivity index (χ3v) is 4.36. The van der Waals surface area contributed by atoms with Gasteiger partial charge in [-0.15, -0.1) is 0 Å². The van der Waals surface area contributed by atoms with Gasteiger partial charge in [-0.2, -0.15) is 0 Å². The number of aliphatic hydroxyl groups excluding tert-OH is 3. The first kappa shape index (κ1) is 15.3. The molecule has 24 heavy (non-hydrogen) atoms. The lowest BCUT2D eigenvalue weighted by atomic mass is 10.1. The van der Waals surface area contributed by atoms with Gasteiger partial charge in [0.15, 0.2) is 17.5 Å². The zero-order valence-corrected chi connectivity index (χ0v) is 13.2. The lowest BCUT2D eigenvalue weighted by Crippen LogP contribution is -2.33. The van der Waals surface area contributed by atoms with Crippen molar-refractivity contribution in [3.63, 3.8) is 0 Å². The second-order valence-electron chi connectivity index (χ2n) is 6.02. The second kappa shape index (κ2) is 5.42. The average Bonchev–Trinajstić information content (AvgIpc) is 3.22. The Balaban J connectivity index is 1.98. The highest BCUT2D eigenvalue weighted by Crippen LogP contribution is 2.39. The van der Waals surface area contributed by atoms with Crippen molar-refractivity contribution in [2.45, 2.75) is 24.5 Å². The molecular weight excluding hydrogens is 316 g/mol. The van der Waals surface area contributed by atoms with Crippen LogP contribution in [0.3, 0.4) is 0 Å². The Hall–Kier alpha value is -2.20. The van der Waals surface area contributed by atoms with Crippen LogP contribution in [-0.4, -0.2) is 68.9 Å². The van der Waals surface area contributed by atoms with Crippen LogP contribution in [0.2, 0.25) is 0 Å². The van der Waals surface area contributed by atoms with Crippen molar-refractivity contribution in [1.82, 2.24) is 14.5 Å². The van der Waals surface area contributed by atoms with E-state index in [1.54, 1.807) is 10.6 Å². The molecule has 1 aliphatic heterocycles. The van der Waals surface area contributed by atoms with Gasteiger partial charge < -0.3 is 29.4 Å². The van der Waals surface area contributed by atoms with E-state index in [1.165, 1.54) is 12.6 Å². The minimum absolute atomic E-state index is 0.389. The monoisotopic (exact) mass is 334 g/mol. The molecule has 3 aromatic heterocycles. The summed E-state index contributed by atoms with van der Waals surface area (Å²) in [6, 6.07) is 1.74. The third kappa shape index (κ3) is 1.96. The Kier molecular flexibility index (Phi) is 3.46. The first-order valence-electron chi connectivity index (χ1n) is 7.56. The largest absolute Gasteiger partial charge is 0.462 e. The molecule has 3 N–H and O–H groups in total. The molecule has 0 aliphatic carbocycles. The summed E-state index contributed by atoms with van der Waals surface area (Å²) >= 11 is 0. The molecule has 9 heteroatoms. The number of ether oxygens (including phenoxy) is 1. The number of nitrogens with zero attached hydrogens (tertiary/aromatic N) is 4. The van der Waals surface area contributed by atoms with E-state index in [9.17, 15) is 15.3 Å². The van der Waals surface area contributed by atoms with Gasteiger partial charge >= 0.3 is 0 Å². The predicted molar refractivity (Wildman–Crippen MR) is 84.6 cm³/mol. The van der Waals surface area contributed by atoms with E-state index in [1.807, 2.05) is 19.0 Å². The molecule has 0 amide bonds. The Morgan fingerprint density at radius 2 is 2.04 bits per heavy atom. The minimum Gasteiger partial charge on any atom is -0.462 e. The van der Waals surface area contributed by atoms with Crippen molar-refractivity contribution in [2.24, 2.45) is 0 Å². The maximum Gasteiger partial charge on any atom is 0.165 e. The molecule has 4 heterocycles. The van der Waals surface area contributed by atoms with Gasteiger partial charge in [-0.3, -0.25) is 4.57 Å². The van der Waals surface area contributed by atoms with Crippen molar-refractivity contribution >= 4 is 28.0 Å². The van der Waals surface area contributed by atoms with E-state index < -0.39 is 24.5 Å². The highest BCUT2D eigenvalue weighted by molar-refractivity contribution is 6.09. The lowest BCUT2D eigenvalue weighted by Gasteiger charge is -2.18. The molecule has 1 saturated heterocycles. The van der Waals surface area contributed by atoms with Crippen LogP contribution >= 0.6 is 0 Å². The number of anilines is 1. The number of hydrogen-bond acceptors (Lipinski definition) is 8. The van der Waals surface area contributed by atoms with Crippen LogP contribution in [0.4, 0.5) is 5.82 Å². The van der Waals surface area contributed by atoms with Crippen LogP contribution in [0.5, 0.6) is 0 Å². The van der Waals surface area contributed by atoms with Gasteiger partial charge in [-0.25, -0.2) is 9.97 Å². The summed E-state index contributed by atoms with van der Waals surface area (Å²) in [6.45, 7) is -0.389. The van der Waals surface area contributed by atoms with Crippen LogP contribution in [0.25, 0.3) is 22.1 Å². The summed E-state index contributed by atoms with van der Waals surface area (Å²) < 4.78 is 12.9. The van der Waals surface area contributed by atoms with E-state index in [2.05, 4.69) is 9.97 Å². The molecule has 0 radical (unpaired) electrons. The standard InChI is InChI=1S/C15H18N4O5/c1-18(2)13-9-12-7(3-4-23-12)19(14(9)17-6-16-13)15-11(22)10(21)8(5-20)24-15/h3-4,6,8,10-11,15,20-22H,5H2,1-2H3/t8-,10-,11-,15-/m1/s1. The number of hydrogen-bond donors (Lipinski definition) is 3. The van der Waals surface area contributed by atoms with E-state index in [0.29, 0.717) is 28.0 Å². The Labute approximate surface area is 136 Å². The molecule has 0 spiro atoms. The van der Waals surface area contributed by atoms with Crippen LogP contribution < -0.4 is 4.90 Å². The fraction of sp³-hybridized carbons (Fsp3) is 0.467. The van der Waals surface area contributed by atoms with Crippen molar-refractivity contribution in [2.75, 3.05) is 25.6 Å². The van der Waals surface area contributed by atoms with Crippen LogP contribution in [-0.2, 0) is 4.74 Å². The minimum atomic E-state index is -1.20. The molecule has 4 atom stereocenters. The number of aromatic nitrogens is 3. The summed E-state index contributed by atoms with van der Waals surface area (Å²) in [5.41, 5.74) is 1.77. The normalized spacial score (nSPS) is 27.4. The van der Waals surface area contributed by atoms with Crippen LogP contribution in [0, 0.1) is 0 Å². The number of aliphatic hydroxyl groups is 3. The smallest absolute Gasteiger partial charge is 0.165 e. The highest BCUT2D eigenvalue weighted by atomic mass is 16.6. The first-order chi connectivity index (χ1) is 11.5. The van der Waals surface area contributed by atoms with Gasteiger partial charge in [0, 0.05) is 20.2 Å². The average molecular weight is 334 g/mol. The van der Waals surface area contributed by atoms with Gasteiger partial charge in [-0.1, -0.05) is 0 Å².